The lowest BCUT2D eigenvalue weighted by molar-refractivity contribution is -0.255. The second-order valence-corrected chi connectivity index (χ2v) is 10.6. The number of carbonyl (C=O) groups excluding carboxylic acids is 2. The molecule has 0 spiro atoms. The Labute approximate surface area is 220 Å². The van der Waals surface area contributed by atoms with Gasteiger partial charge in [0.2, 0.25) is 0 Å². The Bertz CT molecular complexity index is 1570. The molecule has 1 N–H and O–H groups in total. The predicted molar refractivity (Wildman–Crippen MR) is 131 cm³/mol. The summed E-state index contributed by atoms with van der Waals surface area (Å²) >= 11 is 6.08. The van der Waals surface area contributed by atoms with Gasteiger partial charge in [0.05, 0.1) is 34.2 Å². The number of fused-ring (bicyclic) bond motifs is 1. The van der Waals surface area contributed by atoms with Crippen molar-refractivity contribution >= 4 is 44.9 Å². The molecule has 13 heteroatoms. The summed E-state index contributed by atoms with van der Waals surface area (Å²) in [5.41, 5.74) is -0.335. The van der Waals surface area contributed by atoms with Crippen LogP contribution in [0.3, 0.4) is 0 Å². The van der Waals surface area contributed by atoms with Crippen molar-refractivity contribution in [1.29, 1.82) is 0 Å². The van der Waals surface area contributed by atoms with Gasteiger partial charge in [0.1, 0.15) is 5.75 Å². The van der Waals surface area contributed by atoms with E-state index in [1.807, 2.05) is 0 Å². The van der Waals surface area contributed by atoms with Crippen LogP contribution in [-0.4, -0.2) is 33.9 Å². The van der Waals surface area contributed by atoms with Crippen molar-refractivity contribution in [2.45, 2.75) is 24.4 Å². The molecule has 1 heterocycles. The molecule has 8 nitrogen and oxygen atoms in total. The van der Waals surface area contributed by atoms with Crippen molar-refractivity contribution in [3.05, 3.63) is 81.4 Å². The largest absolute Gasteiger partial charge is 0.545 e. The molecule has 0 aromatic heterocycles. The Balaban J connectivity index is 1.72. The number of rotatable bonds is 6. The van der Waals surface area contributed by atoms with Gasteiger partial charge < -0.3 is 20.0 Å². The van der Waals surface area contributed by atoms with E-state index in [9.17, 15) is 36.3 Å². The van der Waals surface area contributed by atoms with E-state index in [4.69, 9.17) is 16.3 Å². The van der Waals surface area contributed by atoms with Crippen molar-refractivity contribution in [2.75, 3.05) is 23.3 Å². The molecule has 0 saturated carbocycles. The first kappa shape index (κ1) is 27.3. The summed E-state index contributed by atoms with van der Waals surface area (Å²) in [4.78, 5) is 23.7. The Morgan fingerprint density at radius 3 is 2.47 bits per heavy atom. The molecule has 0 radical (unpaired) electrons. The van der Waals surface area contributed by atoms with E-state index < -0.39 is 38.5 Å². The Morgan fingerprint density at radius 2 is 1.84 bits per heavy atom. The summed E-state index contributed by atoms with van der Waals surface area (Å²) in [7, 11) is -3.08. The highest BCUT2D eigenvalue weighted by atomic mass is 35.5. The second-order valence-electron chi connectivity index (χ2n) is 8.37. The first-order valence-electron chi connectivity index (χ1n) is 11.0. The van der Waals surface area contributed by atoms with Gasteiger partial charge in [0.25, 0.3) is 15.9 Å². The maximum absolute atomic E-state index is 13.4. The van der Waals surface area contributed by atoms with E-state index in [2.05, 4.69) is 5.32 Å². The summed E-state index contributed by atoms with van der Waals surface area (Å²) < 4.78 is 72.6. The van der Waals surface area contributed by atoms with Crippen molar-refractivity contribution in [2.24, 2.45) is 0 Å². The fourth-order valence-electron chi connectivity index (χ4n) is 4.13. The van der Waals surface area contributed by atoms with Crippen LogP contribution in [0, 0.1) is 6.92 Å². The number of carboxylic acid groups (broad SMARTS) is 1. The molecule has 1 aliphatic heterocycles. The van der Waals surface area contributed by atoms with Crippen molar-refractivity contribution in [3.63, 3.8) is 0 Å². The Hall–Kier alpha value is -3.77. The average molecular weight is 568 g/mol. The molecule has 200 valence electrons. The van der Waals surface area contributed by atoms with Crippen LogP contribution >= 0.6 is 11.6 Å². The van der Waals surface area contributed by atoms with E-state index in [0.29, 0.717) is 11.6 Å². The summed E-state index contributed by atoms with van der Waals surface area (Å²) in [6, 6.07) is 8.63. The van der Waals surface area contributed by atoms with E-state index in [0.717, 1.165) is 22.5 Å². The van der Waals surface area contributed by atoms with Gasteiger partial charge >= 0.3 is 6.18 Å². The van der Waals surface area contributed by atoms with E-state index in [1.54, 1.807) is 0 Å². The highest BCUT2D eigenvalue weighted by Gasteiger charge is 2.36. The smallest absolute Gasteiger partial charge is 0.416 e. The number of nitrogens with one attached hydrogen (secondary N) is 1. The third-order valence-electron chi connectivity index (χ3n) is 6.10. The lowest BCUT2D eigenvalue weighted by atomic mass is 10.1. The van der Waals surface area contributed by atoms with Gasteiger partial charge in [-0.2, -0.15) is 13.2 Å². The standard InChI is InChI=1S/C25H20ClF3N2O6S/c1-13-19(7-6-18(22(13)26)24(33)34)30-23(32)14-10-20-17(21(11-14)37-2)8-9-31(20)38(35,36)16-5-3-4-15(12-16)25(27,28)29/h3-7,10-12H,8-9H2,1-2H3,(H,30,32)(H,33,34)/p-1. The summed E-state index contributed by atoms with van der Waals surface area (Å²) in [6.45, 7) is 1.42. The molecule has 1 amide bonds. The van der Waals surface area contributed by atoms with Crippen LogP contribution in [-0.2, 0) is 22.6 Å². The molecule has 4 rings (SSSR count). The molecule has 0 aliphatic carbocycles. The van der Waals surface area contributed by atoms with E-state index in [1.165, 1.54) is 38.3 Å². The van der Waals surface area contributed by atoms with Crippen LogP contribution in [0.4, 0.5) is 24.5 Å². The molecule has 3 aromatic carbocycles. The van der Waals surface area contributed by atoms with Crippen molar-refractivity contribution in [1.82, 2.24) is 0 Å². The number of sulfonamides is 1. The molecule has 3 aromatic rings. The number of methoxy groups -OCH3 is 1. The van der Waals surface area contributed by atoms with Gasteiger partial charge in [-0.3, -0.25) is 9.10 Å². The molecule has 0 bridgehead atoms. The molecular formula is C25H19ClF3N2O6S-. The number of hydrogen-bond acceptors (Lipinski definition) is 6. The van der Waals surface area contributed by atoms with Crippen LogP contribution in [0.5, 0.6) is 5.75 Å². The fraction of sp³-hybridized carbons (Fsp3) is 0.200. The van der Waals surface area contributed by atoms with Gasteiger partial charge in [0, 0.05) is 28.9 Å². The van der Waals surface area contributed by atoms with Crippen LogP contribution in [0.1, 0.15) is 37.4 Å². The zero-order valence-electron chi connectivity index (χ0n) is 19.8. The zero-order chi connectivity index (χ0) is 28.0. The topological polar surface area (TPSA) is 116 Å². The number of anilines is 2. The lowest BCUT2D eigenvalue weighted by Crippen LogP contribution is -2.29. The normalized spacial score (nSPS) is 13.3. The maximum Gasteiger partial charge on any atom is 0.416 e. The summed E-state index contributed by atoms with van der Waals surface area (Å²) in [5, 5.41) is 13.7. The number of nitrogens with zero attached hydrogens (tertiary/aromatic N) is 1. The maximum atomic E-state index is 13.4. The molecule has 0 fully saturated rings. The van der Waals surface area contributed by atoms with Gasteiger partial charge in [-0.05, 0) is 61.4 Å². The number of benzene rings is 3. The van der Waals surface area contributed by atoms with Crippen LogP contribution < -0.4 is 19.5 Å². The van der Waals surface area contributed by atoms with Crippen LogP contribution in [0.2, 0.25) is 5.02 Å². The van der Waals surface area contributed by atoms with Crippen molar-refractivity contribution < 1.29 is 41.0 Å². The SMILES string of the molecule is COc1cc(C(=O)Nc2ccc(C(=O)[O-])c(Cl)c2C)cc2c1CCN2S(=O)(=O)c1cccc(C(F)(F)F)c1. The number of hydrogen-bond donors (Lipinski definition) is 1. The summed E-state index contributed by atoms with van der Waals surface area (Å²) in [6.07, 6.45) is -4.53. The fourth-order valence-corrected chi connectivity index (χ4v) is 5.91. The molecule has 0 unspecified atom stereocenters. The molecule has 0 saturated heterocycles. The first-order valence-corrected chi connectivity index (χ1v) is 12.8. The van der Waals surface area contributed by atoms with Crippen LogP contribution in [0.15, 0.2) is 53.4 Å². The molecule has 1 aliphatic rings. The quantitative estimate of drug-likeness (QED) is 0.481. The number of carboxylic acids is 1. The van der Waals surface area contributed by atoms with Gasteiger partial charge in [0.15, 0.2) is 0 Å². The second kappa shape index (κ2) is 9.84. The average Bonchev–Trinajstić information content (AvgIpc) is 3.30. The minimum atomic E-state index is -4.73. The predicted octanol–water partition coefficient (Wildman–Crippen LogP) is 4.04. The molecule has 0 atom stereocenters. The number of alkyl halides is 3. The minimum Gasteiger partial charge on any atom is -0.545 e. The molecular weight excluding hydrogens is 549 g/mol. The minimum absolute atomic E-state index is 0.00811. The number of ether oxygens (including phenoxy) is 1. The number of amides is 1. The number of halogens is 4. The van der Waals surface area contributed by atoms with E-state index in [-0.39, 0.29) is 51.8 Å². The zero-order valence-corrected chi connectivity index (χ0v) is 21.4. The van der Waals surface area contributed by atoms with Gasteiger partial charge in [-0.25, -0.2) is 8.42 Å². The lowest BCUT2D eigenvalue weighted by Gasteiger charge is -2.21. The number of carbonyl (C=O) groups is 2. The molecule has 38 heavy (non-hydrogen) atoms. The Kier molecular flexibility index (Phi) is 7.06. The monoisotopic (exact) mass is 567 g/mol. The summed E-state index contributed by atoms with van der Waals surface area (Å²) in [5.74, 6) is -1.95. The third-order valence-corrected chi connectivity index (χ3v) is 8.40. The first-order chi connectivity index (χ1) is 17.8. The number of aromatic carboxylic acids is 1. The Morgan fingerprint density at radius 1 is 1.13 bits per heavy atom. The van der Waals surface area contributed by atoms with Crippen LogP contribution in [0.25, 0.3) is 0 Å². The highest BCUT2D eigenvalue weighted by molar-refractivity contribution is 7.92. The van der Waals surface area contributed by atoms with Gasteiger partial charge in [-0.1, -0.05) is 17.7 Å². The van der Waals surface area contributed by atoms with E-state index >= 15 is 0 Å². The van der Waals surface area contributed by atoms with Crippen molar-refractivity contribution in [3.8, 4) is 5.75 Å². The highest BCUT2D eigenvalue weighted by Crippen LogP contribution is 2.40. The van der Waals surface area contributed by atoms with Gasteiger partial charge in [-0.15, -0.1) is 0 Å². The third kappa shape index (κ3) is 4.88.